The first-order chi connectivity index (χ1) is 9.32. The number of ether oxygens (including phenoxy) is 1. The molecule has 1 aromatic heterocycles. The van der Waals surface area contributed by atoms with Crippen molar-refractivity contribution in [1.29, 1.82) is 0 Å². The van der Waals surface area contributed by atoms with Crippen LogP contribution in [-0.4, -0.2) is 34.7 Å². The van der Waals surface area contributed by atoms with Crippen molar-refractivity contribution in [2.45, 2.75) is 32.4 Å². The van der Waals surface area contributed by atoms with Gasteiger partial charge >= 0.3 is 12.0 Å². The van der Waals surface area contributed by atoms with Gasteiger partial charge in [-0.2, -0.15) is 0 Å². The number of nitrogens with zero attached hydrogens (tertiary/aromatic N) is 1. The van der Waals surface area contributed by atoms with E-state index in [9.17, 15) is 9.59 Å². The van der Waals surface area contributed by atoms with Crippen molar-refractivity contribution in [1.82, 2.24) is 15.6 Å². The number of carbonyl (C=O) groups excluding carboxylic acids is 1. The van der Waals surface area contributed by atoms with Gasteiger partial charge < -0.3 is 20.5 Å². The number of rotatable bonds is 6. The number of urea groups is 1. The molecule has 0 bridgehead atoms. The van der Waals surface area contributed by atoms with Gasteiger partial charge in [0.05, 0.1) is 13.5 Å². The molecule has 20 heavy (non-hydrogen) atoms. The second kappa shape index (κ2) is 6.74. The van der Waals surface area contributed by atoms with Crippen LogP contribution in [0.15, 0.2) is 18.3 Å². The van der Waals surface area contributed by atoms with Crippen molar-refractivity contribution in [2.75, 3.05) is 7.11 Å². The van der Waals surface area contributed by atoms with E-state index in [1.54, 1.807) is 32.2 Å². The number of aliphatic carboxylic acids is 1. The van der Waals surface area contributed by atoms with E-state index in [1.165, 1.54) is 7.11 Å². The van der Waals surface area contributed by atoms with Crippen LogP contribution in [0.4, 0.5) is 4.79 Å². The van der Waals surface area contributed by atoms with Gasteiger partial charge in [-0.05, 0) is 25.5 Å². The van der Waals surface area contributed by atoms with Gasteiger partial charge in [-0.25, -0.2) is 9.78 Å². The quantitative estimate of drug-likeness (QED) is 0.726. The summed E-state index contributed by atoms with van der Waals surface area (Å²) in [4.78, 5) is 26.3. The second-order valence-electron chi connectivity index (χ2n) is 4.97. The molecule has 7 heteroatoms. The Balaban J connectivity index is 2.48. The highest BCUT2D eigenvalue weighted by molar-refractivity contribution is 5.76. The molecule has 0 aliphatic heterocycles. The van der Waals surface area contributed by atoms with E-state index in [1.807, 2.05) is 0 Å². The van der Waals surface area contributed by atoms with Crippen LogP contribution in [0.1, 0.15) is 25.8 Å². The predicted octanol–water partition coefficient (Wildman–Crippen LogP) is 1.14. The Morgan fingerprint density at radius 2 is 2.15 bits per heavy atom. The van der Waals surface area contributed by atoms with Crippen molar-refractivity contribution < 1.29 is 19.4 Å². The molecule has 0 unspecified atom stereocenters. The number of carboxylic acid groups (broad SMARTS) is 1. The van der Waals surface area contributed by atoms with Gasteiger partial charge in [0.2, 0.25) is 5.88 Å². The molecule has 7 nitrogen and oxygen atoms in total. The molecular formula is C13H19N3O4. The van der Waals surface area contributed by atoms with Gasteiger partial charge in [-0.3, -0.25) is 4.79 Å². The van der Waals surface area contributed by atoms with Crippen molar-refractivity contribution in [3.63, 3.8) is 0 Å². The number of hydrogen-bond acceptors (Lipinski definition) is 4. The van der Waals surface area contributed by atoms with Crippen LogP contribution in [0, 0.1) is 0 Å². The predicted molar refractivity (Wildman–Crippen MR) is 72.5 cm³/mol. The standard InChI is InChI=1S/C13H19N3O4/c1-13(2,7-11(17)18)16-12(19)15-8-9-4-5-14-10(6-9)20-3/h4-6H,7-8H2,1-3H3,(H,17,18)(H2,15,16,19). The maximum absolute atomic E-state index is 11.7. The number of carbonyl (C=O) groups is 2. The van der Waals surface area contributed by atoms with E-state index in [2.05, 4.69) is 15.6 Å². The van der Waals surface area contributed by atoms with Crippen LogP contribution in [0.5, 0.6) is 5.88 Å². The number of amides is 2. The molecule has 0 spiro atoms. The number of hydrogen-bond donors (Lipinski definition) is 3. The monoisotopic (exact) mass is 281 g/mol. The van der Waals surface area contributed by atoms with Crippen LogP contribution < -0.4 is 15.4 Å². The zero-order chi connectivity index (χ0) is 15.2. The first-order valence-corrected chi connectivity index (χ1v) is 6.09. The second-order valence-corrected chi connectivity index (χ2v) is 4.97. The van der Waals surface area contributed by atoms with E-state index in [4.69, 9.17) is 9.84 Å². The topological polar surface area (TPSA) is 101 Å². The Hall–Kier alpha value is -2.31. The fourth-order valence-electron chi connectivity index (χ4n) is 1.63. The van der Waals surface area contributed by atoms with Gasteiger partial charge in [0.1, 0.15) is 0 Å². The molecule has 3 N–H and O–H groups in total. The summed E-state index contributed by atoms with van der Waals surface area (Å²) in [7, 11) is 1.51. The van der Waals surface area contributed by atoms with Crippen molar-refractivity contribution in [3.05, 3.63) is 23.9 Å². The minimum absolute atomic E-state index is 0.149. The van der Waals surface area contributed by atoms with Gasteiger partial charge in [0, 0.05) is 24.3 Å². The molecule has 0 saturated heterocycles. The van der Waals surface area contributed by atoms with E-state index < -0.39 is 17.5 Å². The zero-order valence-electron chi connectivity index (χ0n) is 11.8. The van der Waals surface area contributed by atoms with Crippen LogP contribution in [0.2, 0.25) is 0 Å². The fourth-order valence-corrected chi connectivity index (χ4v) is 1.63. The van der Waals surface area contributed by atoms with E-state index in [-0.39, 0.29) is 6.42 Å². The van der Waals surface area contributed by atoms with E-state index >= 15 is 0 Å². The molecule has 0 atom stereocenters. The summed E-state index contributed by atoms with van der Waals surface area (Å²) in [6.45, 7) is 3.60. The van der Waals surface area contributed by atoms with E-state index in [0.29, 0.717) is 12.4 Å². The van der Waals surface area contributed by atoms with Crippen LogP contribution in [-0.2, 0) is 11.3 Å². The number of pyridine rings is 1. The minimum atomic E-state index is -0.964. The highest BCUT2D eigenvalue weighted by Gasteiger charge is 2.23. The van der Waals surface area contributed by atoms with Crippen LogP contribution in [0.25, 0.3) is 0 Å². The minimum Gasteiger partial charge on any atom is -0.481 e. The van der Waals surface area contributed by atoms with Gasteiger partial charge in [0.25, 0.3) is 0 Å². The molecule has 1 aromatic rings. The average Bonchev–Trinajstić information content (AvgIpc) is 2.34. The zero-order valence-corrected chi connectivity index (χ0v) is 11.8. The number of methoxy groups -OCH3 is 1. The van der Waals surface area contributed by atoms with Crippen molar-refractivity contribution >= 4 is 12.0 Å². The maximum Gasteiger partial charge on any atom is 0.315 e. The van der Waals surface area contributed by atoms with Gasteiger partial charge in [-0.15, -0.1) is 0 Å². The number of carboxylic acids is 1. The third kappa shape index (κ3) is 5.55. The molecule has 0 fully saturated rings. The lowest BCUT2D eigenvalue weighted by Crippen LogP contribution is -2.49. The van der Waals surface area contributed by atoms with Crippen LogP contribution >= 0.6 is 0 Å². The smallest absolute Gasteiger partial charge is 0.315 e. The Morgan fingerprint density at radius 1 is 1.45 bits per heavy atom. The summed E-state index contributed by atoms with van der Waals surface area (Å²) in [5.41, 5.74) is 0.0225. The molecule has 0 aliphatic carbocycles. The molecule has 0 aliphatic rings. The molecule has 1 rings (SSSR count). The Labute approximate surface area is 117 Å². The molecule has 110 valence electrons. The van der Waals surface area contributed by atoms with Gasteiger partial charge in [-0.1, -0.05) is 0 Å². The van der Waals surface area contributed by atoms with E-state index in [0.717, 1.165) is 5.56 Å². The van der Waals surface area contributed by atoms with Crippen molar-refractivity contribution in [3.8, 4) is 5.88 Å². The lowest BCUT2D eigenvalue weighted by Gasteiger charge is -2.24. The normalized spacial score (nSPS) is 10.8. The number of nitrogens with one attached hydrogen (secondary N) is 2. The summed E-state index contributed by atoms with van der Waals surface area (Å²) in [5.74, 6) is -0.495. The third-order valence-corrected chi connectivity index (χ3v) is 2.51. The fraction of sp³-hybridized carbons (Fsp3) is 0.462. The Bertz CT molecular complexity index is 488. The first kappa shape index (κ1) is 15.7. The number of aromatic nitrogens is 1. The molecular weight excluding hydrogens is 262 g/mol. The Morgan fingerprint density at radius 3 is 2.75 bits per heavy atom. The van der Waals surface area contributed by atoms with Crippen LogP contribution in [0.3, 0.4) is 0 Å². The molecule has 0 saturated carbocycles. The molecule has 1 heterocycles. The molecule has 0 aromatic carbocycles. The SMILES string of the molecule is COc1cc(CNC(=O)NC(C)(C)CC(=O)O)ccn1. The summed E-state index contributed by atoms with van der Waals surface area (Å²) in [6.07, 6.45) is 1.44. The highest BCUT2D eigenvalue weighted by atomic mass is 16.5. The largest absolute Gasteiger partial charge is 0.481 e. The summed E-state index contributed by atoms with van der Waals surface area (Å²) < 4.78 is 4.98. The summed E-state index contributed by atoms with van der Waals surface area (Å²) in [5, 5.41) is 14.0. The maximum atomic E-state index is 11.7. The van der Waals surface area contributed by atoms with Crippen molar-refractivity contribution in [2.24, 2.45) is 0 Å². The highest BCUT2D eigenvalue weighted by Crippen LogP contribution is 2.09. The molecule has 0 radical (unpaired) electrons. The lowest BCUT2D eigenvalue weighted by atomic mass is 10.0. The third-order valence-electron chi connectivity index (χ3n) is 2.51. The molecule has 2 amide bonds. The van der Waals surface area contributed by atoms with Gasteiger partial charge in [0.15, 0.2) is 0 Å². The Kier molecular flexibility index (Phi) is 5.31. The summed E-state index contributed by atoms with van der Waals surface area (Å²) >= 11 is 0. The lowest BCUT2D eigenvalue weighted by molar-refractivity contribution is -0.138. The average molecular weight is 281 g/mol. The summed E-state index contributed by atoms with van der Waals surface area (Å²) in [6, 6.07) is 3.04. The first-order valence-electron chi connectivity index (χ1n) is 6.09.